The number of hydrogen-bond acceptors (Lipinski definition) is 3. The zero-order chi connectivity index (χ0) is 28.7. The van der Waals surface area contributed by atoms with Crippen LogP contribution in [0.25, 0.3) is 56.1 Å². The molecule has 0 bridgehead atoms. The van der Waals surface area contributed by atoms with Gasteiger partial charge in [0.25, 0.3) is 0 Å². The molecule has 0 saturated heterocycles. The number of aromatic hydroxyl groups is 1. The van der Waals surface area contributed by atoms with Crippen molar-refractivity contribution in [1.29, 1.82) is 0 Å². The first-order valence-electron chi connectivity index (χ1n) is 14.2. The quantitative estimate of drug-likeness (QED) is 0.168. The number of H-pyrrole nitrogens is 1. The first kappa shape index (κ1) is 29.5. The summed E-state index contributed by atoms with van der Waals surface area (Å²) in [5.41, 5.74) is 11.8. The number of fused-ring (bicyclic) bond motifs is 1. The second kappa shape index (κ2) is 12.1. The minimum Gasteiger partial charge on any atom is -0.507 e. The fraction of sp³-hybridized carbons (Fsp3) is 0.189. The molecule has 214 valence electrons. The maximum Gasteiger partial charge on any atom is 0.124 e. The molecule has 4 aromatic carbocycles. The van der Waals surface area contributed by atoms with E-state index in [0.717, 1.165) is 56.1 Å². The van der Waals surface area contributed by atoms with Crippen molar-refractivity contribution in [3.63, 3.8) is 0 Å². The number of aromatic amines is 1. The predicted molar refractivity (Wildman–Crippen MR) is 169 cm³/mol. The van der Waals surface area contributed by atoms with Crippen LogP contribution in [0.3, 0.4) is 0 Å². The van der Waals surface area contributed by atoms with E-state index in [0.29, 0.717) is 17.4 Å². The number of hydrogen-bond donors (Lipinski definition) is 2. The van der Waals surface area contributed by atoms with Gasteiger partial charge in [0, 0.05) is 32.3 Å². The summed E-state index contributed by atoms with van der Waals surface area (Å²) in [4.78, 5) is 13.5. The van der Waals surface area contributed by atoms with E-state index in [1.54, 1.807) is 6.07 Å². The monoisotopic (exact) mass is 731 g/mol. The summed E-state index contributed by atoms with van der Waals surface area (Å²) in [5, 5.41) is 10.7. The molecule has 0 spiro atoms. The van der Waals surface area contributed by atoms with E-state index in [4.69, 9.17) is 9.97 Å². The van der Waals surface area contributed by atoms with Crippen molar-refractivity contribution in [3.05, 3.63) is 114 Å². The Labute approximate surface area is 262 Å². The third kappa shape index (κ3) is 5.69. The topological polar surface area (TPSA) is 61.8 Å². The Bertz CT molecular complexity index is 1830. The standard InChI is InChI=1S/C37H34N3O.Pt/c1-22(2)27-19-28(23(3)4)21-29(20-27)35-24(5)17-33(30-13-6-9-16-34(30)41)38-36(35)25-11-10-12-26(18-25)37-39-31-14-7-8-15-32(31)40-37;/h6-17,19-23,41H,1-5H3,(H,39,40);/q-1;. The van der Waals surface area contributed by atoms with Crippen LogP contribution in [0, 0.1) is 13.0 Å². The molecule has 6 rings (SSSR count). The van der Waals surface area contributed by atoms with Gasteiger partial charge in [0.1, 0.15) is 5.75 Å². The Morgan fingerprint density at radius 2 is 1.40 bits per heavy atom. The molecule has 0 radical (unpaired) electrons. The van der Waals surface area contributed by atoms with Gasteiger partial charge in [-0.05, 0) is 76.9 Å². The molecular weight excluding hydrogens is 698 g/mol. The van der Waals surface area contributed by atoms with Crippen molar-refractivity contribution >= 4 is 11.0 Å². The molecular formula is C37H34N3OPt-. The molecule has 6 aromatic rings. The van der Waals surface area contributed by atoms with Crippen molar-refractivity contribution < 1.29 is 26.2 Å². The molecule has 2 N–H and O–H groups in total. The van der Waals surface area contributed by atoms with Gasteiger partial charge in [-0.25, -0.2) is 0 Å². The largest absolute Gasteiger partial charge is 0.507 e. The number of imidazole rings is 1. The molecule has 0 unspecified atom stereocenters. The number of phenolic OH excluding ortho intramolecular Hbond substituents is 1. The molecule has 5 heteroatoms. The Morgan fingerprint density at radius 3 is 2.10 bits per heavy atom. The van der Waals surface area contributed by atoms with Gasteiger partial charge in [-0.2, -0.15) is 0 Å². The van der Waals surface area contributed by atoms with Crippen LogP contribution in [0.15, 0.2) is 91.0 Å². The van der Waals surface area contributed by atoms with Gasteiger partial charge in [0.2, 0.25) is 0 Å². The summed E-state index contributed by atoms with van der Waals surface area (Å²) in [6.07, 6.45) is 0. The summed E-state index contributed by atoms with van der Waals surface area (Å²) in [5.74, 6) is 1.77. The summed E-state index contributed by atoms with van der Waals surface area (Å²) < 4.78 is 0. The molecule has 42 heavy (non-hydrogen) atoms. The number of pyridine rings is 1. The molecule has 0 aliphatic heterocycles. The van der Waals surface area contributed by atoms with Crippen molar-refractivity contribution in [1.82, 2.24) is 15.0 Å². The van der Waals surface area contributed by atoms with E-state index < -0.39 is 0 Å². The van der Waals surface area contributed by atoms with Gasteiger partial charge in [-0.15, -0.1) is 24.3 Å². The van der Waals surface area contributed by atoms with Gasteiger partial charge in [-0.3, -0.25) is 9.97 Å². The zero-order valence-corrected chi connectivity index (χ0v) is 26.7. The van der Waals surface area contributed by atoms with Gasteiger partial charge < -0.3 is 10.1 Å². The third-order valence-corrected chi connectivity index (χ3v) is 7.69. The maximum atomic E-state index is 10.7. The Balaban J connectivity index is 0.00000353. The van der Waals surface area contributed by atoms with Crippen LogP contribution in [-0.2, 0) is 21.1 Å². The number of nitrogens with one attached hydrogen (secondary N) is 1. The second-order valence-electron chi connectivity index (χ2n) is 11.3. The number of benzene rings is 4. The number of para-hydroxylation sites is 3. The SMILES string of the molecule is Cc1cc(-c2ccccc2O)nc(-c2[c-]c(-c3nc4ccccc4[nH]3)ccc2)c1-c1cc(C(C)C)cc(C(C)C)c1.[Pt]. The van der Waals surface area contributed by atoms with Gasteiger partial charge >= 0.3 is 0 Å². The van der Waals surface area contributed by atoms with Crippen LogP contribution in [0.2, 0.25) is 0 Å². The van der Waals surface area contributed by atoms with Gasteiger partial charge in [0.15, 0.2) is 0 Å². The van der Waals surface area contributed by atoms with Crippen LogP contribution in [0.4, 0.5) is 0 Å². The average Bonchev–Trinajstić information content (AvgIpc) is 3.41. The minimum absolute atomic E-state index is 0. The van der Waals surface area contributed by atoms with Crippen LogP contribution in [-0.4, -0.2) is 20.1 Å². The normalized spacial score (nSPS) is 11.3. The number of nitrogens with zero attached hydrogens (tertiary/aromatic N) is 2. The predicted octanol–water partition coefficient (Wildman–Crippen LogP) is 9.68. The summed E-state index contributed by atoms with van der Waals surface area (Å²) in [7, 11) is 0. The first-order valence-corrected chi connectivity index (χ1v) is 14.2. The van der Waals surface area contributed by atoms with Crippen LogP contribution >= 0.6 is 0 Å². The molecule has 0 aliphatic rings. The van der Waals surface area contributed by atoms with Gasteiger partial charge in [-0.1, -0.05) is 81.3 Å². The van der Waals surface area contributed by atoms with Crippen molar-refractivity contribution in [3.8, 4) is 50.8 Å². The van der Waals surface area contributed by atoms with Crippen LogP contribution < -0.4 is 0 Å². The number of phenols is 1. The van der Waals surface area contributed by atoms with Crippen molar-refractivity contribution in [2.45, 2.75) is 46.5 Å². The molecule has 0 aliphatic carbocycles. The Hall–Kier alpha value is -4.01. The molecule has 4 nitrogen and oxygen atoms in total. The van der Waals surface area contributed by atoms with E-state index in [2.05, 4.69) is 76.0 Å². The van der Waals surface area contributed by atoms with Gasteiger partial charge in [0.05, 0.1) is 22.6 Å². The van der Waals surface area contributed by atoms with E-state index in [-0.39, 0.29) is 26.8 Å². The Kier molecular flexibility index (Phi) is 8.48. The summed E-state index contributed by atoms with van der Waals surface area (Å²) >= 11 is 0. The average molecular weight is 732 g/mol. The number of aryl methyl sites for hydroxylation is 1. The molecule has 2 aromatic heterocycles. The Morgan fingerprint density at radius 1 is 0.738 bits per heavy atom. The molecule has 0 atom stereocenters. The zero-order valence-electron chi connectivity index (χ0n) is 24.5. The van der Waals surface area contributed by atoms with Crippen LogP contribution in [0.5, 0.6) is 5.75 Å². The smallest absolute Gasteiger partial charge is 0.124 e. The summed E-state index contributed by atoms with van der Waals surface area (Å²) in [6, 6.07) is 34.1. The second-order valence-corrected chi connectivity index (χ2v) is 11.3. The molecule has 0 saturated carbocycles. The first-order chi connectivity index (χ1) is 19.8. The van der Waals surface area contributed by atoms with E-state index >= 15 is 0 Å². The number of rotatable bonds is 6. The molecule has 2 heterocycles. The molecule has 0 amide bonds. The fourth-order valence-corrected chi connectivity index (χ4v) is 5.37. The summed E-state index contributed by atoms with van der Waals surface area (Å²) in [6.45, 7) is 11.1. The van der Waals surface area contributed by atoms with E-state index in [1.807, 2.05) is 54.6 Å². The maximum absolute atomic E-state index is 10.7. The van der Waals surface area contributed by atoms with Crippen LogP contribution in [0.1, 0.15) is 56.2 Å². The van der Waals surface area contributed by atoms with Crippen molar-refractivity contribution in [2.24, 2.45) is 0 Å². The minimum atomic E-state index is 0. The van der Waals surface area contributed by atoms with E-state index in [9.17, 15) is 5.11 Å². The molecule has 0 fully saturated rings. The van der Waals surface area contributed by atoms with E-state index in [1.165, 1.54) is 11.1 Å². The fourth-order valence-electron chi connectivity index (χ4n) is 5.37. The third-order valence-electron chi connectivity index (χ3n) is 7.69. The number of aromatic nitrogens is 3. The van der Waals surface area contributed by atoms with Crippen molar-refractivity contribution in [2.75, 3.05) is 0 Å².